The normalized spacial score (nSPS) is 10.1. The molecule has 2 rings (SSSR count). The number of hydrogen-bond acceptors (Lipinski definition) is 3. The van der Waals surface area contributed by atoms with Crippen LogP contribution in [0.2, 0.25) is 10.0 Å². The lowest BCUT2D eigenvalue weighted by atomic mass is 10.1. The molecule has 0 amide bonds. The molecule has 0 saturated carbocycles. The molecule has 0 saturated heterocycles. The predicted octanol–water partition coefficient (Wildman–Crippen LogP) is 4.84. The van der Waals surface area contributed by atoms with Gasteiger partial charge in [0.1, 0.15) is 0 Å². The molecule has 0 radical (unpaired) electrons. The van der Waals surface area contributed by atoms with E-state index in [-0.39, 0.29) is 11.5 Å². The van der Waals surface area contributed by atoms with Crippen LogP contribution in [0.3, 0.4) is 0 Å². The Labute approximate surface area is 131 Å². The molecule has 5 heteroatoms. The van der Waals surface area contributed by atoms with Gasteiger partial charge in [0, 0.05) is 15.5 Å². The van der Waals surface area contributed by atoms with Crippen molar-refractivity contribution in [2.75, 3.05) is 5.75 Å². The van der Waals surface area contributed by atoms with E-state index in [0.717, 1.165) is 4.90 Å². The molecular formula is C15H9Cl2NOS. The molecule has 100 valence electrons. The van der Waals surface area contributed by atoms with E-state index in [1.165, 1.54) is 11.8 Å². The van der Waals surface area contributed by atoms with Crippen molar-refractivity contribution in [2.24, 2.45) is 0 Å². The second-order valence-electron chi connectivity index (χ2n) is 3.98. The van der Waals surface area contributed by atoms with Crippen LogP contribution in [0, 0.1) is 11.3 Å². The lowest BCUT2D eigenvalue weighted by Gasteiger charge is -2.04. The van der Waals surface area contributed by atoms with Gasteiger partial charge in [-0.3, -0.25) is 4.79 Å². The van der Waals surface area contributed by atoms with E-state index in [4.69, 9.17) is 28.5 Å². The standard InChI is InChI=1S/C15H9Cl2NOS/c16-12-5-6-13(17)15(7-12)20-9-14(19)11-3-1-10(8-18)2-4-11/h1-7H,9H2. The summed E-state index contributed by atoms with van der Waals surface area (Å²) >= 11 is 13.3. The highest BCUT2D eigenvalue weighted by molar-refractivity contribution is 8.00. The highest BCUT2D eigenvalue weighted by Crippen LogP contribution is 2.30. The summed E-state index contributed by atoms with van der Waals surface area (Å²) in [6, 6.07) is 13.7. The van der Waals surface area contributed by atoms with E-state index < -0.39 is 0 Å². The molecule has 20 heavy (non-hydrogen) atoms. The summed E-state index contributed by atoms with van der Waals surface area (Å²) in [5.41, 5.74) is 1.11. The third kappa shape index (κ3) is 3.77. The van der Waals surface area contributed by atoms with Gasteiger partial charge >= 0.3 is 0 Å². The van der Waals surface area contributed by atoms with Gasteiger partial charge in [0.15, 0.2) is 5.78 Å². The number of benzene rings is 2. The zero-order chi connectivity index (χ0) is 14.5. The first-order chi connectivity index (χ1) is 9.60. The minimum absolute atomic E-state index is 0.0180. The predicted molar refractivity (Wildman–Crippen MR) is 82.7 cm³/mol. The van der Waals surface area contributed by atoms with Crippen LogP contribution in [0.5, 0.6) is 0 Å². The van der Waals surface area contributed by atoms with Crippen LogP contribution >= 0.6 is 35.0 Å². The second kappa shape index (κ2) is 6.81. The van der Waals surface area contributed by atoms with Crippen molar-refractivity contribution in [1.29, 1.82) is 5.26 Å². The molecule has 2 nitrogen and oxygen atoms in total. The lowest BCUT2D eigenvalue weighted by molar-refractivity contribution is 0.102. The molecular weight excluding hydrogens is 313 g/mol. The van der Waals surface area contributed by atoms with Crippen molar-refractivity contribution in [1.82, 2.24) is 0 Å². The number of rotatable bonds is 4. The number of nitriles is 1. The van der Waals surface area contributed by atoms with E-state index in [0.29, 0.717) is 21.2 Å². The summed E-state index contributed by atoms with van der Waals surface area (Å²) < 4.78 is 0. The lowest BCUT2D eigenvalue weighted by Crippen LogP contribution is -2.02. The maximum atomic E-state index is 12.0. The Morgan fingerprint density at radius 1 is 1.15 bits per heavy atom. The number of carbonyl (C=O) groups excluding carboxylic acids is 1. The summed E-state index contributed by atoms with van der Waals surface area (Å²) in [7, 11) is 0. The highest BCUT2D eigenvalue weighted by atomic mass is 35.5. The second-order valence-corrected chi connectivity index (χ2v) is 5.84. The number of Topliss-reactive ketones (excluding diaryl/α,β-unsaturated/α-hetero) is 1. The minimum atomic E-state index is -0.0180. The van der Waals surface area contributed by atoms with Crippen molar-refractivity contribution >= 4 is 40.7 Å². The summed E-state index contributed by atoms with van der Waals surface area (Å²) in [6.45, 7) is 0. The van der Waals surface area contributed by atoms with E-state index in [1.807, 2.05) is 6.07 Å². The Kier molecular flexibility index (Phi) is 5.08. The number of halogens is 2. The molecule has 2 aromatic carbocycles. The average molecular weight is 322 g/mol. The molecule has 0 aliphatic carbocycles. The van der Waals surface area contributed by atoms with Crippen LogP contribution in [0.4, 0.5) is 0 Å². The minimum Gasteiger partial charge on any atom is -0.293 e. The maximum Gasteiger partial charge on any atom is 0.173 e. The average Bonchev–Trinajstić information content (AvgIpc) is 2.48. The molecule has 2 aromatic rings. The van der Waals surface area contributed by atoms with Crippen LogP contribution in [0.25, 0.3) is 0 Å². The van der Waals surface area contributed by atoms with Crippen molar-refractivity contribution in [3.63, 3.8) is 0 Å². The Bertz CT molecular complexity index is 677. The summed E-state index contributed by atoms with van der Waals surface area (Å²) in [5.74, 6) is 0.252. The third-order valence-electron chi connectivity index (χ3n) is 2.59. The van der Waals surface area contributed by atoms with Crippen LogP contribution in [-0.4, -0.2) is 11.5 Å². The number of hydrogen-bond donors (Lipinski definition) is 0. The van der Waals surface area contributed by atoms with Crippen molar-refractivity contribution < 1.29 is 4.79 Å². The fraction of sp³-hybridized carbons (Fsp3) is 0.0667. The molecule has 0 atom stereocenters. The molecule has 0 aliphatic heterocycles. The van der Waals surface area contributed by atoms with Crippen molar-refractivity contribution in [3.05, 3.63) is 63.6 Å². The first-order valence-electron chi connectivity index (χ1n) is 5.71. The van der Waals surface area contributed by atoms with Gasteiger partial charge in [-0.05, 0) is 30.3 Å². The van der Waals surface area contributed by atoms with Crippen LogP contribution in [0.1, 0.15) is 15.9 Å². The zero-order valence-corrected chi connectivity index (χ0v) is 12.6. The summed E-state index contributed by atoms with van der Waals surface area (Å²) in [4.78, 5) is 12.8. The Hall–Kier alpha value is -1.47. The van der Waals surface area contributed by atoms with Gasteiger partial charge in [0.2, 0.25) is 0 Å². The highest BCUT2D eigenvalue weighted by Gasteiger charge is 2.09. The molecule has 0 heterocycles. The number of thioether (sulfide) groups is 1. The quantitative estimate of drug-likeness (QED) is 0.597. The molecule has 0 N–H and O–H groups in total. The smallest absolute Gasteiger partial charge is 0.173 e. The van der Waals surface area contributed by atoms with E-state index >= 15 is 0 Å². The zero-order valence-electron chi connectivity index (χ0n) is 10.3. The first-order valence-corrected chi connectivity index (χ1v) is 7.45. The molecule has 0 unspecified atom stereocenters. The Balaban J connectivity index is 2.04. The summed E-state index contributed by atoms with van der Waals surface area (Å²) in [6.07, 6.45) is 0. The molecule has 0 bridgehead atoms. The monoisotopic (exact) mass is 321 g/mol. The van der Waals surface area contributed by atoms with E-state index in [2.05, 4.69) is 0 Å². The first kappa shape index (κ1) is 14.9. The largest absolute Gasteiger partial charge is 0.293 e. The topological polar surface area (TPSA) is 40.9 Å². The van der Waals surface area contributed by atoms with Gasteiger partial charge in [0.25, 0.3) is 0 Å². The molecule has 0 fully saturated rings. The number of nitrogens with zero attached hydrogens (tertiary/aromatic N) is 1. The van der Waals surface area contributed by atoms with Gasteiger partial charge in [-0.15, -0.1) is 11.8 Å². The van der Waals surface area contributed by atoms with Gasteiger partial charge in [-0.2, -0.15) is 5.26 Å². The van der Waals surface area contributed by atoms with Gasteiger partial charge in [-0.1, -0.05) is 35.3 Å². The number of ketones is 1. The molecule has 0 aromatic heterocycles. The third-order valence-corrected chi connectivity index (χ3v) is 4.32. The fourth-order valence-electron chi connectivity index (χ4n) is 1.55. The van der Waals surface area contributed by atoms with Crippen molar-refractivity contribution in [2.45, 2.75) is 4.90 Å². The Morgan fingerprint density at radius 3 is 2.50 bits per heavy atom. The van der Waals surface area contributed by atoms with E-state index in [9.17, 15) is 4.79 Å². The maximum absolute atomic E-state index is 12.0. The van der Waals surface area contributed by atoms with Crippen molar-refractivity contribution in [3.8, 4) is 6.07 Å². The van der Waals surface area contributed by atoms with Gasteiger partial charge in [0.05, 0.1) is 22.4 Å². The van der Waals surface area contributed by atoms with Crippen LogP contribution < -0.4 is 0 Å². The Morgan fingerprint density at radius 2 is 1.85 bits per heavy atom. The molecule has 0 aliphatic rings. The van der Waals surface area contributed by atoms with Gasteiger partial charge in [-0.25, -0.2) is 0 Å². The van der Waals surface area contributed by atoms with E-state index in [1.54, 1.807) is 42.5 Å². The van der Waals surface area contributed by atoms with Crippen LogP contribution in [0.15, 0.2) is 47.4 Å². The summed E-state index contributed by atoms with van der Waals surface area (Å²) in [5, 5.41) is 9.87. The number of carbonyl (C=O) groups is 1. The molecule has 0 spiro atoms. The SMILES string of the molecule is N#Cc1ccc(C(=O)CSc2cc(Cl)ccc2Cl)cc1. The van der Waals surface area contributed by atoms with Gasteiger partial charge < -0.3 is 0 Å². The van der Waals surface area contributed by atoms with Crippen LogP contribution in [-0.2, 0) is 0 Å². The fourth-order valence-corrected chi connectivity index (χ4v) is 2.93.